The summed E-state index contributed by atoms with van der Waals surface area (Å²) in [5.41, 5.74) is 2.47. The van der Waals surface area contributed by atoms with Crippen molar-refractivity contribution in [1.29, 1.82) is 0 Å². The predicted octanol–water partition coefficient (Wildman–Crippen LogP) is 4.05. The van der Waals surface area contributed by atoms with E-state index in [1.54, 1.807) is 19.1 Å². The Morgan fingerprint density at radius 2 is 1.70 bits per heavy atom. The summed E-state index contributed by atoms with van der Waals surface area (Å²) in [6.45, 7) is 0.00801. The van der Waals surface area contributed by atoms with Crippen LogP contribution < -0.4 is 14.5 Å². The first-order valence-corrected chi connectivity index (χ1v) is 9.32. The number of methoxy groups -OCH3 is 1. The summed E-state index contributed by atoms with van der Waals surface area (Å²) in [5.74, 6) is 0.168. The van der Waals surface area contributed by atoms with Crippen molar-refractivity contribution in [3.63, 3.8) is 0 Å². The van der Waals surface area contributed by atoms with E-state index in [2.05, 4.69) is 0 Å². The number of benzene rings is 2. The summed E-state index contributed by atoms with van der Waals surface area (Å²) in [6.07, 6.45) is 0. The molecule has 3 aromatic rings. The van der Waals surface area contributed by atoms with E-state index < -0.39 is 0 Å². The lowest BCUT2D eigenvalue weighted by Gasteiger charge is -2.33. The van der Waals surface area contributed by atoms with Gasteiger partial charge in [-0.05, 0) is 23.8 Å². The molecular weight excluding hydrogens is 360 g/mol. The number of rotatable bonds is 3. The Morgan fingerprint density at radius 1 is 1.04 bits per heavy atom. The highest BCUT2D eigenvalue weighted by Crippen LogP contribution is 2.39. The van der Waals surface area contributed by atoms with Crippen LogP contribution in [-0.2, 0) is 4.79 Å². The average molecular weight is 378 g/mol. The molecule has 6 heteroatoms. The number of carbonyl (C=O) groups excluding carboxylic acids is 2. The molecule has 0 atom stereocenters. The van der Waals surface area contributed by atoms with E-state index in [9.17, 15) is 9.59 Å². The zero-order chi connectivity index (χ0) is 19.0. The van der Waals surface area contributed by atoms with E-state index >= 15 is 0 Å². The quantitative estimate of drug-likeness (QED) is 0.691. The molecule has 0 fully saturated rings. The average Bonchev–Trinajstić information content (AvgIpc) is 3.15. The fourth-order valence-electron chi connectivity index (χ4n) is 3.16. The van der Waals surface area contributed by atoms with Gasteiger partial charge in [-0.2, -0.15) is 0 Å². The van der Waals surface area contributed by atoms with E-state index in [0.717, 1.165) is 21.8 Å². The maximum atomic E-state index is 13.3. The fourth-order valence-corrected chi connectivity index (χ4v) is 4.24. The smallest absolute Gasteiger partial charge is 0.272 e. The van der Waals surface area contributed by atoms with Gasteiger partial charge in [-0.3, -0.25) is 14.5 Å². The van der Waals surface area contributed by atoms with Gasteiger partial charge in [-0.25, -0.2) is 0 Å². The minimum absolute atomic E-state index is 0.00801. The second kappa shape index (κ2) is 6.89. The third-order valence-electron chi connectivity index (χ3n) is 4.62. The first-order valence-electron chi connectivity index (χ1n) is 8.51. The molecule has 0 N–H and O–H groups in total. The Balaban J connectivity index is 1.76. The van der Waals surface area contributed by atoms with E-state index in [4.69, 9.17) is 4.74 Å². The van der Waals surface area contributed by atoms with Crippen molar-refractivity contribution in [2.75, 3.05) is 30.5 Å². The van der Waals surface area contributed by atoms with Crippen molar-refractivity contribution < 1.29 is 14.3 Å². The van der Waals surface area contributed by atoms with Crippen LogP contribution in [0.15, 0.2) is 60.7 Å². The fraction of sp³-hybridized carbons (Fsp3) is 0.143. The number of fused-ring (bicyclic) bond motifs is 1. The van der Waals surface area contributed by atoms with E-state index in [0.29, 0.717) is 10.6 Å². The van der Waals surface area contributed by atoms with Crippen molar-refractivity contribution in [3.8, 4) is 16.2 Å². The summed E-state index contributed by atoms with van der Waals surface area (Å²) in [7, 11) is 3.28. The van der Waals surface area contributed by atoms with Gasteiger partial charge >= 0.3 is 0 Å². The summed E-state index contributed by atoms with van der Waals surface area (Å²) in [4.78, 5) is 30.3. The van der Waals surface area contributed by atoms with Gasteiger partial charge in [-0.1, -0.05) is 42.5 Å². The van der Waals surface area contributed by atoms with Crippen LogP contribution in [-0.4, -0.2) is 32.5 Å². The number of hydrogen-bond acceptors (Lipinski definition) is 4. The van der Waals surface area contributed by atoms with Gasteiger partial charge in [-0.15, -0.1) is 11.3 Å². The molecule has 1 aromatic heterocycles. The first kappa shape index (κ1) is 17.3. The molecular formula is C21H18N2O3S. The van der Waals surface area contributed by atoms with Gasteiger partial charge in [0.1, 0.15) is 17.2 Å². The zero-order valence-electron chi connectivity index (χ0n) is 15.0. The molecule has 2 amide bonds. The van der Waals surface area contributed by atoms with Crippen molar-refractivity contribution in [2.24, 2.45) is 0 Å². The predicted molar refractivity (Wildman–Crippen MR) is 108 cm³/mol. The Bertz CT molecular complexity index is 1010. The zero-order valence-corrected chi connectivity index (χ0v) is 15.8. The summed E-state index contributed by atoms with van der Waals surface area (Å²) in [5, 5.41) is 0. The van der Waals surface area contributed by atoms with Crippen LogP contribution >= 0.6 is 11.3 Å². The summed E-state index contributed by atoms with van der Waals surface area (Å²) < 4.78 is 5.46. The molecule has 0 spiro atoms. The highest BCUT2D eigenvalue weighted by molar-refractivity contribution is 7.17. The normalized spacial score (nSPS) is 13.5. The minimum atomic E-state index is -0.229. The number of para-hydroxylation sites is 2. The number of amides is 2. The third kappa shape index (κ3) is 2.98. The molecule has 1 aliphatic heterocycles. The van der Waals surface area contributed by atoms with Gasteiger partial charge in [0.15, 0.2) is 0 Å². The van der Waals surface area contributed by atoms with Crippen molar-refractivity contribution >= 4 is 34.5 Å². The lowest BCUT2D eigenvalue weighted by molar-refractivity contribution is -0.117. The van der Waals surface area contributed by atoms with Crippen molar-refractivity contribution in [3.05, 3.63) is 65.5 Å². The maximum absolute atomic E-state index is 13.3. The van der Waals surface area contributed by atoms with Gasteiger partial charge in [0, 0.05) is 11.9 Å². The minimum Gasteiger partial charge on any atom is -0.495 e. The van der Waals surface area contributed by atoms with Crippen LogP contribution in [0.3, 0.4) is 0 Å². The summed E-state index contributed by atoms with van der Waals surface area (Å²) in [6, 6.07) is 19.1. The van der Waals surface area contributed by atoms with Crippen LogP contribution in [0.25, 0.3) is 10.4 Å². The van der Waals surface area contributed by atoms with Crippen molar-refractivity contribution in [2.45, 2.75) is 0 Å². The highest BCUT2D eigenvalue weighted by Gasteiger charge is 2.33. The van der Waals surface area contributed by atoms with Gasteiger partial charge in [0.05, 0.1) is 18.5 Å². The molecule has 0 saturated heterocycles. The Kier molecular flexibility index (Phi) is 4.41. The molecule has 0 bridgehead atoms. The number of ether oxygens (including phenoxy) is 1. The van der Waals surface area contributed by atoms with Crippen LogP contribution in [0.5, 0.6) is 5.75 Å². The van der Waals surface area contributed by atoms with Gasteiger partial charge in [0.25, 0.3) is 5.91 Å². The van der Waals surface area contributed by atoms with Crippen LogP contribution in [0.4, 0.5) is 11.4 Å². The molecule has 0 aliphatic carbocycles. The first-order chi connectivity index (χ1) is 13.1. The third-order valence-corrected chi connectivity index (χ3v) is 5.77. The highest BCUT2D eigenvalue weighted by atomic mass is 32.1. The monoisotopic (exact) mass is 378 g/mol. The second-order valence-corrected chi connectivity index (χ2v) is 7.26. The molecule has 0 unspecified atom stereocenters. The molecule has 5 nitrogen and oxygen atoms in total. The standard InChI is InChI=1S/C21H18N2O3S/c1-22-15-10-6-7-11-16(15)23(13-19(22)24)21(25)20-17(26-2)12-18(27-20)14-8-4-3-5-9-14/h3-12H,13H2,1-2H3. The second-order valence-electron chi connectivity index (χ2n) is 6.21. The molecule has 2 aromatic carbocycles. The van der Waals surface area contributed by atoms with E-state index in [1.807, 2.05) is 60.7 Å². The van der Waals surface area contributed by atoms with Crippen LogP contribution in [0.2, 0.25) is 0 Å². The number of anilines is 2. The molecule has 0 radical (unpaired) electrons. The Labute approximate surface area is 161 Å². The number of nitrogens with zero attached hydrogens (tertiary/aromatic N) is 2. The molecule has 136 valence electrons. The SMILES string of the molecule is COc1cc(-c2ccccc2)sc1C(=O)N1CC(=O)N(C)c2ccccc21. The topological polar surface area (TPSA) is 49.9 Å². The van der Waals surface area contributed by atoms with Crippen LogP contribution in [0, 0.1) is 0 Å². The Hall–Kier alpha value is -3.12. The van der Waals surface area contributed by atoms with Gasteiger partial charge < -0.3 is 9.64 Å². The van der Waals surface area contributed by atoms with Crippen molar-refractivity contribution in [1.82, 2.24) is 0 Å². The van der Waals surface area contributed by atoms with Crippen LogP contribution in [0.1, 0.15) is 9.67 Å². The van der Waals surface area contributed by atoms with E-state index in [1.165, 1.54) is 16.2 Å². The largest absolute Gasteiger partial charge is 0.495 e. The maximum Gasteiger partial charge on any atom is 0.272 e. The molecule has 27 heavy (non-hydrogen) atoms. The van der Waals surface area contributed by atoms with Gasteiger partial charge in [0.2, 0.25) is 5.91 Å². The molecule has 1 aliphatic rings. The molecule has 2 heterocycles. The molecule has 4 rings (SSSR count). The lowest BCUT2D eigenvalue weighted by Crippen LogP contribution is -2.46. The van der Waals surface area contributed by atoms with E-state index in [-0.39, 0.29) is 18.4 Å². The molecule has 0 saturated carbocycles. The number of carbonyl (C=O) groups is 2. The lowest BCUT2D eigenvalue weighted by atomic mass is 10.1. The Morgan fingerprint density at radius 3 is 2.41 bits per heavy atom. The number of hydrogen-bond donors (Lipinski definition) is 0. The summed E-state index contributed by atoms with van der Waals surface area (Å²) >= 11 is 1.37. The number of likely N-dealkylation sites (N-methyl/N-ethyl adjacent to an activating group) is 1. The number of thiophene rings is 1.